The van der Waals surface area contributed by atoms with Crippen LogP contribution in [0.2, 0.25) is 0 Å². The minimum Gasteiger partial charge on any atom is -0.492 e. The number of carbonyl (C=O) groups excluding carboxylic acids is 1. The average molecular weight is 299 g/mol. The Labute approximate surface area is 126 Å². The number of benzene rings is 1. The van der Waals surface area contributed by atoms with Crippen LogP contribution in [0, 0.1) is 12.8 Å². The van der Waals surface area contributed by atoms with Crippen LogP contribution in [0.4, 0.5) is 0 Å². The molecule has 0 bridgehead atoms. The van der Waals surface area contributed by atoms with Crippen molar-refractivity contribution in [1.29, 1.82) is 0 Å². The number of hydrogen-bond acceptors (Lipinski definition) is 3. The van der Waals surface area contributed by atoms with E-state index in [1.807, 2.05) is 31.2 Å². The molecule has 0 aromatic heterocycles. The van der Waals surface area contributed by atoms with Gasteiger partial charge in [-0.25, -0.2) is 0 Å². The molecule has 0 spiro atoms. The summed E-state index contributed by atoms with van der Waals surface area (Å²) in [4.78, 5) is 11.8. The van der Waals surface area contributed by atoms with Crippen LogP contribution in [0.3, 0.4) is 0 Å². The van der Waals surface area contributed by atoms with E-state index in [0.717, 1.165) is 31.7 Å². The number of nitrogens with one attached hydrogen (secondary N) is 2. The first-order chi connectivity index (χ1) is 9.25. The Morgan fingerprint density at radius 1 is 1.40 bits per heavy atom. The van der Waals surface area contributed by atoms with Gasteiger partial charge in [0.2, 0.25) is 5.91 Å². The van der Waals surface area contributed by atoms with E-state index in [-0.39, 0.29) is 24.2 Å². The molecule has 4 nitrogen and oxygen atoms in total. The monoisotopic (exact) mass is 298 g/mol. The van der Waals surface area contributed by atoms with E-state index in [1.165, 1.54) is 5.56 Å². The van der Waals surface area contributed by atoms with Crippen LogP contribution < -0.4 is 15.4 Å². The molecule has 5 heteroatoms. The predicted octanol–water partition coefficient (Wildman–Crippen LogP) is 1.91. The van der Waals surface area contributed by atoms with Crippen LogP contribution in [-0.2, 0) is 4.79 Å². The molecule has 112 valence electrons. The molecule has 1 atom stereocenters. The zero-order chi connectivity index (χ0) is 13.5. The molecule has 1 amide bonds. The van der Waals surface area contributed by atoms with Gasteiger partial charge >= 0.3 is 0 Å². The van der Waals surface area contributed by atoms with Crippen LogP contribution in [0.15, 0.2) is 24.3 Å². The van der Waals surface area contributed by atoms with Gasteiger partial charge in [0.05, 0.1) is 12.5 Å². The van der Waals surface area contributed by atoms with E-state index in [1.54, 1.807) is 0 Å². The van der Waals surface area contributed by atoms with Gasteiger partial charge in [0.1, 0.15) is 12.4 Å². The lowest BCUT2D eigenvalue weighted by molar-refractivity contribution is -0.125. The predicted molar refractivity (Wildman–Crippen MR) is 82.5 cm³/mol. The summed E-state index contributed by atoms with van der Waals surface area (Å²) in [6.45, 7) is 4.94. The fraction of sp³-hybridized carbons (Fsp3) is 0.533. The topological polar surface area (TPSA) is 50.4 Å². The quantitative estimate of drug-likeness (QED) is 0.817. The lowest BCUT2D eigenvalue weighted by Crippen LogP contribution is -2.41. The molecule has 1 heterocycles. The lowest BCUT2D eigenvalue weighted by atomic mass is 9.99. The molecule has 1 saturated heterocycles. The van der Waals surface area contributed by atoms with Gasteiger partial charge in [-0.1, -0.05) is 17.7 Å². The molecular formula is C15H23ClN2O2. The van der Waals surface area contributed by atoms with Crippen molar-refractivity contribution >= 4 is 18.3 Å². The smallest absolute Gasteiger partial charge is 0.224 e. The summed E-state index contributed by atoms with van der Waals surface area (Å²) in [7, 11) is 0. The maximum Gasteiger partial charge on any atom is 0.224 e. The van der Waals surface area contributed by atoms with Crippen LogP contribution in [0.1, 0.15) is 18.4 Å². The Bertz CT molecular complexity index is 403. The fourth-order valence-electron chi connectivity index (χ4n) is 2.20. The molecule has 1 aliphatic heterocycles. The first-order valence-corrected chi connectivity index (χ1v) is 6.93. The van der Waals surface area contributed by atoms with Gasteiger partial charge in [0.15, 0.2) is 0 Å². The summed E-state index contributed by atoms with van der Waals surface area (Å²) in [6.07, 6.45) is 2.07. The Morgan fingerprint density at radius 2 is 2.15 bits per heavy atom. The highest BCUT2D eigenvalue weighted by Crippen LogP contribution is 2.11. The highest BCUT2D eigenvalue weighted by molar-refractivity contribution is 5.85. The van der Waals surface area contributed by atoms with Gasteiger partial charge in [-0.05, 0) is 38.4 Å². The van der Waals surface area contributed by atoms with Crippen molar-refractivity contribution in [3.8, 4) is 5.75 Å². The van der Waals surface area contributed by atoms with Crippen LogP contribution >= 0.6 is 12.4 Å². The molecule has 1 unspecified atom stereocenters. The molecule has 2 rings (SSSR count). The minimum atomic E-state index is 0. The molecule has 1 aliphatic rings. The Kier molecular flexibility index (Phi) is 7.41. The number of amides is 1. The summed E-state index contributed by atoms with van der Waals surface area (Å²) < 4.78 is 5.57. The number of carbonyl (C=O) groups is 1. The van der Waals surface area contributed by atoms with E-state index >= 15 is 0 Å². The molecule has 1 fully saturated rings. The molecular weight excluding hydrogens is 276 g/mol. The Hall–Kier alpha value is -1.26. The first-order valence-electron chi connectivity index (χ1n) is 6.93. The van der Waals surface area contributed by atoms with Crippen molar-refractivity contribution in [2.75, 3.05) is 26.2 Å². The summed E-state index contributed by atoms with van der Waals surface area (Å²) in [5.41, 5.74) is 1.21. The first kappa shape index (κ1) is 16.8. The van der Waals surface area contributed by atoms with Gasteiger partial charge in [0.25, 0.3) is 0 Å². The molecule has 0 radical (unpaired) electrons. The number of aryl methyl sites for hydroxylation is 1. The summed E-state index contributed by atoms with van der Waals surface area (Å²) >= 11 is 0. The number of rotatable bonds is 5. The van der Waals surface area contributed by atoms with E-state index in [4.69, 9.17) is 4.74 Å². The average Bonchev–Trinajstić information content (AvgIpc) is 2.46. The second-order valence-electron chi connectivity index (χ2n) is 5.00. The van der Waals surface area contributed by atoms with Crippen molar-refractivity contribution < 1.29 is 9.53 Å². The maximum absolute atomic E-state index is 11.8. The summed E-state index contributed by atoms with van der Waals surface area (Å²) in [5, 5.41) is 6.18. The van der Waals surface area contributed by atoms with Gasteiger partial charge in [-0.2, -0.15) is 0 Å². The van der Waals surface area contributed by atoms with Crippen molar-refractivity contribution in [3.05, 3.63) is 29.8 Å². The standard InChI is InChI=1S/C15H22N2O2.ClH/c1-12-4-6-14(7-5-12)19-10-9-17-15(18)13-3-2-8-16-11-13;/h4-7,13,16H,2-3,8-11H2,1H3,(H,17,18);1H. The largest absolute Gasteiger partial charge is 0.492 e. The van der Waals surface area contributed by atoms with Crippen molar-refractivity contribution in [2.24, 2.45) is 5.92 Å². The highest BCUT2D eigenvalue weighted by atomic mass is 35.5. The minimum absolute atomic E-state index is 0. The zero-order valence-corrected chi connectivity index (χ0v) is 12.7. The SMILES string of the molecule is Cc1ccc(OCCNC(=O)C2CCCNC2)cc1.Cl. The molecule has 0 saturated carbocycles. The van der Waals surface area contributed by atoms with Gasteiger partial charge in [-0.15, -0.1) is 12.4 Å². The summed E-state index contributed by atoms with van der Waals surface area (Å²) in [6, 6.07) is 7.92. The third kappa shape index (κ3) is 5.39. The molecule has 1 aromatic carbocycles. The normalized spacial score (nSPS) is 17.9. The second kappa shape index (κ2) is 8.82. The number of piperidine rings is 1. The van der Waals surface area contributed by atoms with Gasteiger partial charge < -0.3 is 15.4 Å². The van der Waals surface area contributed by atoms with Gasteiger partial charge in [-0.3, -0.25) is 4.79 Å². The van der Waals surface area contributed by atoms with E-state index in [0.29, 0.717) is 13.2 Å². The summed E-state index contributed by atoms with van der Waals surface area (Å²) in [5.74, 6) is 1.10. The number of ether oxygens (including phenoxy) is 1. The van der Waals surface area contributed by atoms with E-state index in [2.05, 4.69) is 10.6 Å². The Morgan fingerprint density at radius 3 is 2.80 bits per heavy atom. The highest BCUT2D eigenvalue weighted by Gasteiger charge is 2.20. The van der Waals surface area contributed by atoms with Crippen molar-refractivity contribution in [1.82, 2.24) is 10.6 Å². The second-order valence-corrected chi connectivity index (χ2v) is 5.00. The number of hydrogen-bond donors (Lipinski definition) is 2. The van der Waals surface area contributed by atoms with E-state index in [9.17, 15) is 4.79 Å². The van der Waals surface area contributed by atoms with E-state index < -0.39 is 0 Å². The van der Waals surface area contributed by atoms with Crippen molar-refractivity contribution in [3.63, 3.8) is 0 Å². The van der Waals surface area contributed by atoms with Crippen molar-refractivity contribution in [2.45, 2.75) is 19.8 Å². The third-order valence-corrected chi connectivity index (χ3v) is 3.36. The molecule has 2 N–H and O–H groups in total. The van der Waals surface area contributed by atoms with Crippen LogP contribution in [-0.4, -0.2) is 32.1 Å². The maximum atomic E-state index is 11.8. The van der Waals surface area contributed by atoms with Gasteiger partial charge in [0, 0.05) is 6.54 Å². The molecule has 20 heavy (non-hydrogen) atoms. The molecule has 1 aromatic rings. The number of halogens is 1. The third-order valence-electron chi connectivity index (χ3n) is 3.36. The molecule has 0 aliphatic carbocycles. The van der Waals surface area contributed by atoms with Crippen LogP contribution in [0.5, 0.6) is 5.75 Å². The fourth-order valence-corrected chi connectivity index (χ4v) is 2.20. The zero-order valence-electron chi connectivity index (χ0n) is 11.9. The lowest BCUT2D eigenvalue weighted by Gasteiger charge is -2.21. The van der Waals surface area contributed by atoms with Crippen LogP contribution in [0.25, 0.3) is 0 Å². The Balaban J connectivity index is 0.00000200.